The lowest BCUT2D eigenvalue weighted by Crippen LogP contribution is -2.49. The number of hydrogen-bond donors (Lipinski definition) is 0. The van der Waals surface area contributed by atoms with E-state index < -0.39 is 10.0 Å². The molecule has 6 nitrogen and oxygen atoms in total. The van der Waals surface area contributed by atoms with Crippen molar-refractivity contribution in [3.63, 3.8) is 0 Å². The van der Waals surface area contributed by atoms with Crippen LogP contribution in [0.4, 0.5) is 11.4 Å². The van der Waals surface area contributed by atoms with Crippen LogP contribution in [-0.2, 0) is 21.2 Å². The van der Waals surface area contributed by atoms with Crippen LogP contribution in [-0.4, -0.2) is 51.4 Å². The first-order valence-electron chi connectivity index (χ1n) is 10.7. The van der Waals surface area contributed by atoms with E-state index in [4.69, 9.17) is 0 Å². The summed E-state index contributed by atoms with van der Waals surface area (Å²) < 4.78 is 29.6. The van der Waals surface area contributed by atoms with Crippen LogP contribution < -0.4 is 9.80 Å². The van der Waals surface area contributed by atoms with E-state index in [0.717, 1.165) is 10.0 Å². The van der Waals surface area contributed by atoms with E-state index in [-0.39, 0.29) is 10.8 Å². The highest BCUT2D eigenvalue weighted by molar-refractivity contribution is 9.10. The first-order valence-corrected chi connectivity index (χ1v) is 12.9. The lowest BCUT2D eigenvalue weighted by molar-refractivity contribution is -0.118. The molecule has 2 aromatic rings. The van der Waals surface area contributed by atoms with Gasteiger partial charge in [-0.25, -0.2) is 8.42 Å². The summed E-state index contributed by atoms with van der Waals surface area (Å²) in [5.74, 6) is -0.0442. The van der Waals surface area contributed by atoms with Gasteiger partial charge in [0.1, 0.15) is 4.90 Å². The van der Waals surface area contributed by atoms with Crippen molar-refractivity contribution < 1.29 is 13.2 Å². The van der Waals surface area contributed by atoms with Gasteiger partial charge in [-0.1, -0.05) is 35.0 Å². The molecule has 2 aliphatic heterocycles. The van der Waals surface area contributed by atoms with Gasteiger partial charge in [0, 0.05) is 49.3 Å². The summed E-state index contributed by atoms with van der Waals surface area (Å²) in [5.41, 5.74) is 5.10. The van der Waals surface area contributed by atoms with Crippen molar-refractivity contribution in [3.05, 3.63) is 51.5 Å². The SMILES string of the molecule is CCC(=O)N1CCc2cc(Br)cc(S(=O)(=O)N3CCN(c4cccc(C)c4C)CC3)c21. The molecule has 166 valence electrons. The molecule has 2 aromatic carbocycles. The fourth-order valence-corrected chi connectivity index (χ4v) is 6.83. The lowest BCUT2D eigenvalue weighted by atomic mass is 10.1. The van der Waals surface area contributed by atoms with Gasteiger partial charge in [-0.15, -0.1) is 0 Å². The molecule has 0 spiro atoms. The van der Waals surface area contributed by atoms with Crippen LogP contribution in [0.2, 0.25) is 0 Å². The Bertz CT molecular complexity index is 1130. The summed E-state index contributed by atoms with van der Waals surface area (Å²) in [4.78, 5) is 16.6. The molecule has 2 heterocycles. The smallest absolute Gasteiger partial charge is 0.245 e. The highest BCUT2D eigenvalue weighted by Gasteiger charge is 2.36. The number of hydrogen-bond acceptors (Lipinski definition) is 4. The number of rotatable bonds is 4. The van der Waals surface area contributed by atoms with Crippen molar-refractivity contribution in [1.29, 1.82) is 0 Å². The van der Waals surface area contributed by atoms with E-state index in [0.29, 0.717) is 51.3 Å². The van der Waals surface area contributed by atoms with Gasteiger partial charge in [-0.2, -0.15) is 4.31 Å². The molecule has 0 aromatic heterocycles. The van der Waals surface area contributed by atoms with Crippen molar-refractivity contribution in [2.45, 2.75) is 38.5 Å². The van der Waals surface area contributed by atoms with Gasteiger partial charge in [-0.3, -0.25) is 4.79 Å². The zero-order chi connectivity index (χ0) is 22.3. The molecular weight excluding hydrogens is 478 g/mol. The second kappa shape index (κ2) is 8.56. The van der Waals surface area contributed by atoms with E-state index in [1.54, 1.807) is 22.2 Å². The Balaban J connectivity index is 1.62. The van der Waals surface area contributed by atoms with Crippen molar-refractivity contribution in [3.8, 4) is 0 Å². The number of carbonyl (C=O) groups is 1. The van der Waals surface area contributed by atoms with E-state index >= 15 is 0 Å². The van der Waals surface area contributed by atoms with E-state index in [1.165, 1.54) is 16.8 Å². The minimum Gasteiger partial charge on any atom is -0.369 e. The number of amides is 1. The zero-order valence-corrected chi connectivity index (χ0v) is 20.6. The molecule has 8 heteroatoms. The topological polar surface area (TPSA) is 60.9 Å². The summed E-state index contributed by atoms with van der Waals surface area (Å²) in [6.07, 6.45) is 1.02. The van der Waals surface area contributed by atoms with Gasteiger partial charge < -0.3 is 9.80 Å². The predicted octanol–water partition coefficient (Wildman–Crippen LogP) is 3.88. The van der Waals surface area contributed by atoms with E-state index in [1.807, 2.05) is 12.1 Å². The quantitative estimate of drug-likeness (QED) is 0.632. The zero-order valence-electron chi connectivity index (χ0n) is 18.2. The van der Waals surface area contributed by atoms with Crippen LogP contribution in [0, 0.1) is 13.8 Å². The Morgan fingerprint density at radius 2 is 1.77 bits per heavy atom. The number of fused-ring (bicyclic) bond motifs is 1. The molecule has 1 saturated heterocycles. The highest BCUT2D eigenvalue weighted by Crippen LogP contribution is 2.39. The van der Waals surface area contributed by atoms with Crippen molar-refractivity contribution in [1.82, 2.24) is 4.31 Å². The Kier molecular flexibility index (Phi) is 6.16. The number of carbonyl (C=O) groups excluding carboxylic acids is 1. The van der Waals surface area contributed by atoms with Gasteiger partial charge in [0.2, 0.25) is 15.9 Å². The third-order valence-electron chi connectivity index (χ3n) is 6.37. The third kappa shape index (κ3) is 4.01. The average Bonchev–Trinajstić information content (AvgIpc) is 3.18. The number of sulfonamides is 1. The molecule has 1 fully saturated rings. The largest absolute Gasteiger partial charge is 0.369 e. The fourth-order valence-electron chi connectivity index (χ4n) is 4.49. The Hall–Kier alpha value is -1.90. The maximum atomic E-state index is 13.7. The van der Waals surface area contributed by atoms with Crippen molar-refractivity contribution >= 4 is 43.2 Å². The molecule has 0 atom stereocenters. The molecule has 4 rings (SSSR count). The minimum atomic E-state index is -3.73. The van der Waals surface area contributed by atoms with Crippen LogP contribution in [0.3, 0.4) is 0 Å². The Morgan fingerprint density at radius 1 is 1.06 bits per heavy atom. The van der Waals surface area contributed by atoms with Gasteiger partial charge in [0.05, 0.1) is 5.69 Å². The molecule has 1 amide bonds. The molecule has 0 radical (unpaired) electrons. The highest BCUT2D eigenvalue weighted by atomic mass is 79.9. The first kappa shape index (κ1) is 22.3. The Morgan fingerprint density at radius 3 is 2.45 bits per heavy atom. The van der Waals surface area contributed by atoms with Crippen molar-refractivity contribution in [2.24, 2.45) is 0 Å². The number of halogens is 1. The molecule has 0 N–H and O–H groups in total. The molecule has 2 aliphatic rings. The number of nitrogens with zero attached hydrogens (tertiary/aromatic N) is 3. The summed E-state index contributed by atoms with van der Waals surface area (Å²) in [5, 5.41) is 0. The number of anilines is 2. The molecule has 31 heavy (non-hydrogen) atoms. The average molecular weight is 506 g/mol. The Labute approximate surface area is 193 Å². The second-order valence-corrected chi connectivity index (χ2v) is 11.0. The molecular formula is C23H28BrN3O3S. The predicted molar refractivity (Wildman–Crippen MR) is 127 cm³/mol. The molecule has 0 saturated carbocycles. The van der Waals surface area contributed by atoms with Crippen molar-refractivity contribution in [2.75, 3.05) is 42.5 Å². The minimum absolute atomic E-state index is 0.0442. The molecule has 0 aliphatic carbocycles. The van der Waals surface area contributed by atoms with Crippen LogP contribution in [0.15, 0.2) is 39.7 Å². The summed E-state index contributed by atoms with van der Waals surface area (Å²) >= 11 is 3.47. The fraction of sp³-hybridized carbons (Fsp3) is 0.435. The lowest BCUT2D eigenvalue weighted by Gasteiger charge is -2.36. The van der Waals surface area contributed by atoms with Gasteiger partial charge >= 0.3 is 0 Å². The normalized spacial score (nSPS) is 17.2. The molecule has 0 bridgehead atoms. The summed E-state index contributed by atoms with van der Waals surface area (Å²) in [7, 11) is -3.73. The van der Waals surface area contributed by atoms with Crippen LogP contribution in [0.1, 0.15) is 30.0 Å². The standard InChI is InChI=1S/C23H28BrN3O3S/c1-4-22(28)27-9-8-18-14-19(24)15-21(23(18)27)31(29,30)26-12-10-25(11-13-26)20-7-5-6-16(2)17(20)3/h5-7,14-15H,4,8-13H2,1-3H3. The first-order chi connectivity index (χ1) is 14.7. The number of aryl methyl sites for hydroxylation is 1. The van der Waals surface area contributed by atoms with Gasteiger partial charge in [0.15, 0.2) is 0 Å². The second-order valence-electron chi connectivity index (χ2n) is 8.17. The number of piperazine rings is 1. The van der Waals surface area contributed by atoms with Gasteiger partial charge in [0.25, 0.3) is 0 Å². The third-order valence-corrected chi connectivity index (χ3v) is 8.74. The maximum Gasteiger partial charge on any atom is 0.245 e. The van der Waals surface area contributed by atoms with Gasteiger partial charge in [-0.05, 0) is 55.2 Å². The van der Waals surface area contributed by atoms with Crippen LogP contribution in [0.25, 0.3) is 0 Å². The van der Waals surface area contributed by atoms with Crippen LogP contribution >= 0.6 is 15.9 Å². The van der Waals surface area contributed by atoms with E-state index in [2.05, 4.69) is 46.8 Å². The summed E-state index contributed by atoms with van der Waals surface area (Å²) in [6.45, 7) is 8.64. The maximum absolute atomic E-state index is 13.7. The van der Waals surface area contributed by atoms with Crippen LogP contribution in [0.5, 0.6) is 0 Å². The monoisotopic (exact) mass is 505 g/mol. The van der Waals surface area contributed by atoms with E-state index in [9.17, 15) is 13.2 Å². The molecule has 0 unspecified atom stereocenters. The number of benzene rings is 2. The summed E-state index contributed by atoms with van der Waals surface area (Å²) in [6, 6.07) is 9.81.